The monoisotopic (exact) mass is 244 g/mol. The van der Waals surface area contributed by atoms with Crippen LogP contribution in [0.5, 0.6) is 0 Å². The molecule has 0 saturated carbocycles. The van der Waals surface area contributed by atoms with Crippen LogP contribution in [0.2, 0.25) is 0 Å². The number of benzene rings is 1. The standard InChI is InChI=1S/C14H20N4/c1-17-13-8-5-9-14(17)11-18(10-13)16-15-12-6-3-2-4-7-12/h2-4,6-7,13-14H,5,8-11H2,1H3/t13-,14+. The number of piperazine rings is 1. The second-order valence-corrected chi connectivity index (χ2v) is 5.30. The fourth-order valence-corrected chi connectivity index (χ4v) is 2.98. The van der Waals surface area contributed by atoms with Gasteiger partial charge in [-0.2, -0.15) is 0 Å². The molecule has 1 aromatic rings. The Morgan fingerprint density at radius 3 is 2.39 bits per heavy atom. The van der Waals surface area contributed by atoms with Crippen molar-refractivity contribution in [3.63, 3.8) is 0 Å². The van der Waals surface area contributed by atoms with E-state index in [4.69, 9.17) is 0 Å². The van der Waals surface area contributed by atoms with Gasteiger partial charge in [0.05, 0.1) is 18.8 Å². The van der Waals surface area contributed by atoms with Crippen molar-refractivity contribution >= 4 is 5.69 Å². The van der Waals surface area contributed by atoms with Crippen LogP contribution in [0.1, 0.15) is 19.3 Å². The SMILES string of the molecule is CN1[C@@H]2CCC[C@H]1CN(N=Nc1ccccc1)C2. The molecule has 2 bridgehead atoms. The maximum atomic E-state index is 4.40. The molecule has 2 saturated heterocycles. The third-order valence-corrected chi connectivity index (χ3v) is 4.11. The fraction of sp³-hybridized carbons (Fsp3) is 0.571. The highest BCUT2D eigenvalue weighted by Gasteiger charge is 2.34. The summed E-state index contributed by atoms with van der Waals surface area (Å²) in [4.78, 5) is 2.53. The summed E-state index contributed by atoms with van der Waals surface area (Å²) in [5, 5.41) is 10.9. The summed E-state index contributed by atoms with van der Waals surface area (Å²) in [5.74, 6) is 0. The van der Waals surface area contributed by atoms with E-state index in [0.29, 0.717) is 12.1 Å². The van der Waals surface area contributed by atoms with Crippen molar-refractivity contribution in [2.75, 3.05) is 20.1 Å². The van der Waals surface area contributed by atoms with Crippen LogP contribution in [0, 0.1) is 0 Å². The van der Waals surface area contributed by atoms with Crippen molar-refractivity contribution in [3.8, 4) is 0 Å². The lowest BCUT2D eigenvalue weighted by molar-refractivity contribution is 0.00759. The second kappa shape index (κ2) is 5.06. The fourth-order valence-electron chi connectivity index (χ4n) is 2.98. The average Bonchev–Trinajstić information content (AvgIpc) is 2.38. The van der Waals surface area contributed by atoms with E-state index in [1.54, 1.807) is 0 Å². The van der Waals surface area contributed by atoms with Crippen molar-refractivity contribution in [3.05, 3.63) is 30.3 Å². The largest absolute Gasteiger partial charge is 0.297 e. The molecule has 0 unspecified atom stereocenters. The molecule has 2 aliphatic heterocycles. The number of rotatable bonds is 2. The zero-order chi connectivity index (χ0) is 12.4. The first-order chi connectivity index (χ1) is 8.83. The molecule has 0 spiro atoms. The van der Waals surface area contributed by atoms with Crippen LogP contribution in [0.25, 0.3) is 0 Å². The highest BCUT2D eigenvalue weighted by molar-refractivity contribution is 5.34. The summed E-state index contributed by atoms with van der Waals surface area (Å²) < 4.78 is 0. The summed E-state index contributed by atoms with van der Waals surface area (Å²) in [5.41, 5.74) is 0.932. The van der Waals surface area contributed by atoms with E-state index < -0.39 is 0 Å². The van der Waals surface area contributed by atoms with Gasteiger partial charge in [0.1, 0.15) is 0 Å². The van der Waals surface area contributed by atoms with E-state index in [0.717, 1.165) is 18.8 Å². The lowest BCUT2D eigenvalue weighted by Crippen LogP contribution is -2.57. The van der Waals surface area contributed by atoms with Crippen molar-refractivity contribution in [1.29, 1.82) is 0 Å². The molecule has 0 aromatic heterocycles. The van der Waals surface area contributed by atoms with E-state index in [1.807, 2.05) is 30.3 Å². The zero-order valence-electron chi connectivity index (χ0n) is 10.9. The molecule has 0 radical (unpaired) electrons. The smallest absolute Gasteiger partial charge is 0.0874 e. The van der Waals surface area contributed by atoms with Gasteiger partial charge in [-0.05, 0) is 32.0 Å². The van der Waals surface area contributed by atoms with E-state index in [1.165, 1.54) is 19.3 Å². The Balaban J connectivity index is 1.66. The third kappa shape index (κ3) is 2.38. The molecule has 2 atom stereocenters. The summed E-state index contributed by atoms with van der Waals surface area (Å²) in [7, 11) is 2.25. The molecule has 18 heavy (non-hydrogen) atoms. The molecule has 2 aliphatic rings. The highest BCUT2D eigenvalue weighted by atomic mass is 15.6. The highest BCUT2D eigenvalue weighted by Crippen LogP contribution is 2.27. The van der Waals surface area contributed by atoms with Gasteiger partial charge in [0, 0.05) is 12.1 Å². The number of hydrogen-bond acceptors (Lipinski definition) is 3. The normalized spacial score (nSPS) is 28.8. The molecule has 0 aliphatic carbocycles. The van der Waals surface area contributed by atoms with Crippen molar-refractivity contribution < 1.29 is 0 Å². The first kappa shape index (κ1) is 11.7. The first-order valence-corrected chi connectivity index (χ1v) is 6.76. The van der Waals surface area contributed by atoms with Gasteiger partial charge >= 0.3 is 0 Å². The van der Waals surface area contributed by atoms with Crippen molar-refractivity contribution in [2.45, 2.75) is 31.3 Å². The maximum absolute atomic E-state index is 4.40. The van der Waals surface area contributed by atoms with Gasteiger partial charge < -0.3 is 0 Å². The molecule has 2 fully saturated rings. The molecule has 4 nitrogen and oxygen atoms in total. The topological polar surface area (TPSA) is 31.2 Å². The number of fused-ring (bicyclic) bond motifs is 2. The van der Waals surface area contributed by atoms with Gasteiger partial charge in [0.15, 0.2) is 0 Å². The van der Waals surface area contributed by atoms with Crippen LogP contribution in [0.15, 0.2) is 40.7 Å². The van der Waals surface area contributed by atoms with E-state index in [9.17, 15) is 0 Å². The van der Waals surface area contributed by atoms with Crippen LogP contribution in [-0.4, -0.2) is 42.1 Å². The van der Waals surface area contributed by atoms with Crippen LogP contribution in [-0.2, 0) is 0 Å². The second-order valence-electron chi connectivity index (χ2n) is 5.30. The van der Waals surface area contributed by atoms with Crippen LogP contribution >= 0.6 is 0 Å². The first-order valence-electron chi connectivity index (χ1n) is 6.76. The van der Waals surface area contributed by atoms with E-state index >= 15 is 0 Å². The van der Waals surface area contributed by atoms with Gasteiger partial charge in [-0.15, -0.1) is 5.11 Å². The Morgan fingerprint density at radius 1 is 1.06 bits per heavy atom. The Bertz CT molecular complexity index is 403. The van der Waals surface area contributed by atoms with Gasteiger partial charge in [-0.3, -0.25) is 9.91 Å². The van der Waals surface area contributed by atoms with E-state index in [2.05, 4.69) is 27.3 Å². The van der Waals surface area contributed by atoms with Gasteiger partial charge in [-0.1, -0.05) is 29.8 Å². The molecular formula is C14H20N4. The zero-order valence-corrected chi connectivity index (χ0v) is 10.9. The molecule has 4 heteroatoms. The van der Waals surface area contributed by atoms with Crippen LogP contribution < -0.4 is 0 Å². The molecule has 2 heterocycles. The van der Waals surface area contributed by atoms with Crippen LogP contribution in [0.4, 0.5) is 5.69 Å². The molecular weight excluding hydrogens is 224 g/mol. The molecule has 96 valence electrons. The molecule has 1 aromatic carbocycles. The average molecular weight is 244 g/mol. The summed E-state index contributed by atoms with van der Waals surface area (Å²) in [6.45, 7) is 2.03. The molecule has 0 amide bonds. The molecule has 0 N–H and O–H groups in total. The molecule has 3 rings (SSSR count). The number of likely N-dealkylation sites (N-methyl/N-ethyl adjacent to an activating group) is 1. The predicted molar refractivity (Wildman–Crippen MR) is 71.7 cm³/mol. The Hall–Kier alpha value is -1.42. The Kier molecular flexibility index (Phi) is 3.28. The van der Waals surface area contributed by atoms with Gasteiger partial charge in [0.25, 0.3) is 0 Å². The van der Waals surface area contributed by atoms with Gasteiger partial charge in [-0.25, -0.2) is 0 Å². The lowest BCUT2D eigenvalue weighted by Gasteiger charge is -2.47. The Labute approximate surface area is 108 Å². The quantitative estimate of drug-likeness (QED) is 0.749. The summed E-state index contributed by atoms with van der Waals surface area (Å²) in [6, 6.07) is 11.3. The number of piperidine rings is 1. The van der Waals surface area contributed by atoms with E-state index in [-0.39, 0.29) is 0 Å². The minimum Gasteiger partial charge on any atom is -0.297 e. The van der Waals surface area contributed by atoms with Crippen molar-refractivity contribution in [1.82, 2.24) is 9.91 Å². The minimum atomic E-state index is 0.659. The minimum absolute atomic E-state index is 0.659. The lowest BCUT2D eigenvalue weighted by atomic mass is 9.93. The number of nitrogens with zero attached hydrogens (tertiary/aromatic N) is 4. The van der Waals surface area contributed by atoms with Crippen molar-refractivity contribution in [2.24, 2.45) is 10.3 Å². The van der Waals surface area contributed by atoms with Crippen LogP contribution in [0.3, 0.4) is 0 Å². The third-order valence-electron chi connectivity index (χ3n) is 4.11. The maximum Gasteiger partial charge on any atom is 0.0874 e. The van der Waals surface area contributed by atoms with Gasteiger partial charge in [0.2, 0.25) is 0 Å². The summed E-state index contributed by atoms with van der Waals surface area (Å²) >= 11 is 0. The Morgan fingerprint density at radius 2 is 1.72 bits per heavy atom. The summed E-state index contributed by atoms with van der Waals surface area (Å²) in [6.07, 6.45) is 3.96. The number of hydrogen-bond donors (Lipinski definition) is 0. The predicted octanol–water partition coefficient (Wildman–Crippen LogP) is 2.85.